The molecule has 1 aromatic carbocycles. The molecule has 1 fully saturated rings. The second kappa shape index (κ2) is 7.14. The number of benzene rings is 1. The molecule has 4 nitrogen and oxygen atoms in total. The first-order valence-electron chi connectivity index (χ1n) is 6.88. The highest BCUT2D eigenvalue weighted by Crippen LogP contribution is 2.23. The fraction of sp³-hybridized carbons (Fsp3) is 0.533. The number of amides is 1. The topological polar surface area (TPSA) is 58.6 Å². The van der Waals surface area contributed by atoms with E-state index in [4.69, 9.17) is 4.74 Å². The van der Waals surface area contributed by atoms with Crippen LogP contribution in [0.3, 0.4) is 0 Å². The molecule has 1 aliphatic carbocycles. The summed E-state index contributed by atoms with van der Waals surface area (Å²) in [5, 5.41) is 12.6. The summed E-state index contributed by atoms with van der Waals surface area (Å²) in [4.78, 5) is 11.6. The van der Waals surface area contributed by atoms with Crippen molar-refractivity contribution in [3.63, 3.8) is 0 Å². The Hall–Kier alpha value is -1.55. The lowest BCUT2D eigenvalue weighted by molar-refractivity contribution is -0.123. The zero-order chi connectivity index (χ0) is 13.5. The van der Waals surface area contributed by atoms with Crippen molar-refractivity contribution in [2.45, 2.75) is 31.8 Å². The molecule has 1 aromatic rings. The van der Waals surface area contributed by atoms with Crippen LogP contribution < -0.4 is 10.1 Å². The zero-order valence-electron chi connectivity index (χ0n) is 11.0. The lowest BCUT2D eigenvalue weighted by Gasteiger charge is -2.27. The van der Waals surface area contributed by atoms with Gasteiger partial charge >= 0.3 is 0 Å². The van der Waals surface area contributed by atoms with Gasteiger partial charge in [0, 0.05) is 12.5 Å². The van der Waals surface area contributed by atoms with Crippen molar-refractivity contribution in [2.75, 3.05) is 13.2 Å². The van der Waals surface area contributed by atoms with Gasteiger partial charge in [-0.25, -0.2) is 0 Å². The van der Waals surface area contributed by atoms with E-state index in [0.717, 1.165) is 25.7 Å². The Balaban J connectivity index is 1.67. The van der Waals surface area contributed by atoms with Crippen LogP contribution in [0.2, 0.25) is 0 Å². The van der Waals surface area contributed by atoms with Gasteiger partial charge in [0.15, 0.2) is 6.61 Å². The Labute approximate surface area is 113 Å². The minimum absolute atomic E-state index is 0.0207. The summed E-state index contributed by atoms with van der Waals surface area (Å²) in [5.41, 5.74) is 0. The predicted octanol–water partition coefficient (Wildman–Crippen LogP) is 1.73. The van der Waals surface area contributed by atoms with Crippen LogP contribution >= 0.6 is 0 Å². The summed E-state index contributed by atoms with van der Waals surface area (Å²) in [6.07, 6.45) is 3.78. The zero-order valence-corrected chi connectivity index (χ0v) is 11.0. The lowest BCUT2D eigenvalue weighted by atomic mass is 9.86. The van der Waals surface area contributed by atoms with Gasteiger partial charge in [0.1, 0.15) is 5.75 Å². The summed E-state index contributed by atoms with van der Waals surface area (Å²) in [6.45, 7) is 0.560. The molecular formula is C15H21NO3. The van der Waals surface area contributed by atoms with E-state index in [1.54, 1.807) is 0 Å². The van der Waals surface area contributed by atoms with E-state index < -0.39 is 0 Å². The smallest absolute Gasteiger partial charge is 0.257 e. The van der Waals surface area contributed by atoms with Crippen LogP contribution in [0.15, 0.2) is 30.3 Å². The highest BCUT2D eigenvalue weighted by atomic mass is 16.5. The molecule has 1 amide bonds. The number of carbonyl (C=O) groups is 1. The van der Waals surface area contributed by atoms with Gasteiger partial charge in [-0.1, -0.05) is 31.0 Å². The summed E-state index contributed by atoms with van der Waals surface area (Å²) in [7, 11) is 0. The fourth-order valence-corrected chi connectivity index (χ4v) is 2.39. The van der Waals surface area contributed by atoms with Crippen molar-refractivity contribution >= 4 is 5.91 Å². The number of aliphatic hydroxyl groups excluding tert-OH is 1. The fourth-order valence-electron chi connectivity index (χ4n) is 2.39. The molecule has 1 saturated carbocycles. The Morgan fingerprint density at radius 2 is 2.00 bits per heavy atom. The molecule has 2 rings (SSSR count). The first-order valence-corrected chi connectivity index (χ1v) is 6.88. The minimum Gasteiger partial charge on any atom is -0.484 e. The summed E-state index contributed by atoms with van der Waals surface area (Å²) >= 11 is 0. The standard InChI is InChI=1S/C15H21NO3/c17-14-9-5-4-6-12(14)10-16-15(18)11-19-13-7-2-1-3-8-13/h1-3,7-8,12,14,17H,4-6,9-11H2,(H,16,18)/t12-,14+/m1/s1. The van der Waals surface area contributed by atoms with Crippen molar-refractivity contribution in [1.82, 2.24) is 5.32 Å². The summed E-state index contributed by atoms with van der Waals surface area (Å²) in [5.74, 6) is 0.742. The first kappa shape index (κ1) is 13.9. The predicted molar refractivity (Wildman–Crippen MR) is 72.9 cm³/mol. The molecule has 0 saturated heterocycles. The molecule has 0 aromatic heterocycles. The number of rotatable bonds is 5. The Morgan fingerprint density at radius 1 is 1.26 bits per heavy atom. The quantitative estimate of drug-likeness (QED) is 0.850. The highest BCUT2D eigenvalue weighted by molar-refractivity contribution is 5.77. The average Bonchev–Trinajstić information content (AvgIpc) is 2.45. The number of nitrogens with one attached hydrogen (secondary N) is 1. The highest BCUT2D eigenvalue weighted by Gasteiger charge is 2.23. The second-order valence-electron chi connectivity index (χ2n) is 5.02. The van der Waals surface area contributed by atoms with Gasteiger partial charge < -0.3 is 15.2 Å². The van der Waals surface area contributed by atoms with Crippen molar-refractivity contribution in [1.29, 1.82) is 0 Å². The molecule has 0 bridgehead atoms. The van der Waals surface area contributed by atoms with Gasteiger partial charge in [-0.15, -0.1) is 0 Å². The number of carbonyl (C=O) groups excluding carboxylic acids is 1. The summed E-state index contributed by atoms with van der Waals surface area (Å²) in [6, 6.07) is 9.27. The van der Waals surface area contributed by atoms with Crippen molar-refractivity contribution in [3.8, 4) is 5.75 Å². The van der Waals surface area contributed by atoms with Crippen molar-refractivity contribution in [2.24, 2.45) is 5.92 Å². The molecule has 1 aliphatic rings. The van der Waals surface area contributed by atoms with E-state index >= 15 is 0 Å². The first-order chi connectivity index (χ1) is 9.25. The Kier molecular flexibility index (Phi) is 5.21. The Bertz CT molecular complexity index is 394. The molecule has 19 heavy (non-hydrogen) atoms. The third kappa shape index (κ3) is 4.56. The summed E-state index contributed by atoms with van der Waals surface area (Å²) < 4.78 is 5.36. The van der Waals surface area contributed by atoms with Crippen LogP contribution in [-0.4, -0.2) is 30.3 Å². The molecule has 0 unspecified atom stereocenters. The van der Waals surface area contributed by atoms with Crippen molar-refractivity contribution < 1.29 is 14.6 Å². The van der Waals surface area contributed by atoms with Crippen LogP contribution in [-0.2, 0) is 4.79 Å². The van der Waals surface area contributed by atoms with Crippen LogP contribution in [0, 0.1) is 5.92 Å². The molecule has 0 radical (unpaired) electrons. The maximum Gasteiger partial charge on any atom is 0.257 e. The van der Waals surface area contributed by atoms with Gasteiger partial charge in [0.2, 0.25) is 0 Å². The normalized spacial score (nSPS) is 22.8. The van der Waals surface area contributed by atoms with E-state index in [1.807, 2.05) is 30.3 Å². The third-order valence-electron chi connectivity index (χ3n) is 3.54. The van der Waals surface area contributed by atoms with E-state index in [-0.39, 0.29) is 24.5 Å². The largest absolute Gasteiger partial charge is 0.484 e. The molecule has 2 N–H and O–H groups in total. The molecule has 0 spiro atoms. The number of ether oxygens (including phenoxy) is 1. The van der Waals surface area contributed by atoms with E-state index in [0.29, 0.717) is 12.3 Å². The SMILES string of the molecule is O=C(COc1ccccc1)NC[C@H]1CCCC[C@@H]1O. The minimum atomic E-state index is -0.274. The van der Waals surface area contributed by atoms with Gasteiger partial charge in [-0.2, -0.15) is 0 Å². The van der Waals surface area contributed by atoms with E-state index in [9.17, 15) is 9.90 Å². The number of hydrogen-bond donors (Lipinski definition) is 2. The van der Waals surface area contributed by atoms with Gasteiger partial charge in [0.25, 0.3) is 5.91 Å². The number of hydrogen-bond acceptors (Lipinski definition) is 3. The lowest BCUT2D eigenvalue weighted by Crippen LogP contribution is -2.38. The monoisotopic (exact) mass is 263 g/mol. The van der Waals surface area contributed by atoms with Crippen LogP contribution in [0.5, 0.6) is 5.75 Å². The van der Waals surface area contributed by atoms with Crippen LogP contribution in [0.25, 0.3) is 0 Å². The van der Waals surface area contributed by atoms with Crippen LogP contribution in [0.4, 0.5) is 0 Å². The van der Waals surface area contributed by atoms with Gasteiger partial charge in [0.05, 0.1) is 6.10 Å². The molecule has 0 aliphatic heterocycles. The number of para-hydroxylation sites is 1. The van der Waals surface area contributed by atoms with Gasteiger partial charge in [-0.05, 0) is 25.0 Å². The van der Waals surface area contributed by atoms with Gasteiger partial charge in [-0.3, -0.25) is 4.79 Å². The molecule has 2 atom stereocenters. The van der Waals surface area contributed by atoms with Crippen LogP contribution in [0.1, 0.15) is 25.7 Å². The molecule has 0 heterocycles. The Morgan fingerprint density at radius 3 is 2.74 bits per heavy atom. The van der Waals surface area contributed by atoms with E-state index in [2.05, 4.69) is 5.32 Å². The second-order valence-corrected chi connectivity index (χ2v) is 5.02. The third-order valence-corrected chi connectivity index (χ3v) is 3.54. The van der Waals surface area contributed by atoms with Crippen molar-refractivity contribution in [3.05, 3.63) is 30.3 Å². The molecule has 104 valence electrons. The van der Waals surface area contributed by atoms with E-state index in [1.165, 1.54) is 0 Å². The molecular weight excluding hydrogens is 242 g/mol. The number of aliphatic hydroxyl groups is 1. The average molecular weight is 263 g/mol. The maximum absolute atomic E-state index is 11.6. The maximum atomic E-state index is 11.6. The molecule has 4 heteroatoms.